The Morgan fingerprint density at radius 1 is 0.294 bits per heavy atom. The first-order chi connectivity index (χ1) is 25.1. The molecule has 9 aromatic carbocycles. The van der Waals surface area contributed by atoms with Crippen LogP contribution in [0, 0.1) is 0 Å². The molecule has 0 saturated carbocycles. The summed E-state index contributed by atoms with van der Waals surface area (Å²) in [5.74, 6) is 0. The Hall–Kier alpha value is -6.24. The molecule has 0 N–H and O–H groups in total. The first kappa shape index (κ1) is 28.6. The molecule has 0 saturated heterocycles. The van der Waals surface area contributed by atoms with Gasteiger partial charge in [-0.25, -0.2) is 0 Å². The van der Waals surface area contributed by atoms with Crippen molar-refractivity contribution < 1.29 is 0 Å². The van der Waals surface area contributed by atoms with Gasteiger partial charge in [0, 0.05) is 5.41 Å². The molecular formula is C51H34. The molecule has 0 aromatic heterocycles. The minimum absolute atomic E-state index is 0.126. The first-order valence-electron chi connectivity index (χ1n) is 18.0. The molecular weight excluding hydrogens is 613 g/mol. The highest BCUT2D eigenvalue weighted by atomic mass is 14.4. The summed E-state index contributed by atoms with van der Waals surface area (Å²) in [6.07, 6.45) is 0. The number of benzene rings is 9. The van der Waals surface area contributed by atoms with E-state index in [9.17, 15) is 0 Å². The van der Waals surface area contributed by atoms with Crippen LogP contribution in [0.5, 0.6) is 0 Å². The van der Waals surface area contributed by atoms with Gasteiger partial charge in [-0.2, -0.15) is 0 Å². The van der Waals surface area contributed by atoms with Gasteiger partial charge in [0.2, 0.25) is 0 Å². The van der Waals surface area contributed by atoms with Gasteiger partial charge in [0.15, 0.2) is 0 Å². The maximum absolute atomic E-state index is 2.46. The average molecular weight is 647 g/mol. The fourth-order valence-corrected chi connectivity index (χ4v) is 9.38. The molecule has 0 nitrogen and oxygen atoms in total. The van der Waals surface area contributed by atoms with Crippen molar-refractivity contribution in [3.63, 3.8) is 0 Å². The zero-order valence-corrected chi connectivity index (χ0v) is 28.7. The predicted octanol–water partition coefficient (Wildman–Crippen LogP) is 14.1. The summed E-state index contributed by atoms with van der Waals surface area (Å²) in [6.45, 7) is 4.78. The van der Waals surface area contributed by atoms with Crippen molar-refractivity contribution in [3.8, 4) is 66.8 Å². The lowest BCUT2D eigenvalue weighted by molar-refractivity contribution is 0.661. The van der Waals surface area contributed by atoms with Gasteiger partial charge in [-0.3, -0.25) is 0 Å². The third-order valence-corrected chi connectivity index (χ3v) is 11.8. The van der Waals surface area contributed by atoms with Gasteiger partial charge in [0.25, 0.3) is 0 Å². The van der Waals surface area contributed by atoms with E-state index in [0.717, 1.165) is 0 Å². The van der Waals surface area contributed by atoms with Gasteiger partial charge in [-0.1, -0.05) is 172 Å². The van der Waals surface area contributed by atoms with E-state index in [1.165, 1.54) is 110 Å². The van der Waals surface area contributed by atoms with Crippen LogP contribution in [-0.2, 0) is 5.41 Å². The topological polar surface area (TPSA) is 0 Å². The van der Waals surface area contributed by atoms with Gasteiger partial charge in [0.1, 0.15) is 0 Å². The molecule has 0 amide bonds. The van der Waals surface area contributed by atoms with Crippen LogP contribution in [0.15, 0.2) is 170 Å². The Morgan fingerprint density at radius 3 is 1.41 bits per heavy atom. The third kappa shape index (κ3) is 3.96. The summed E-state index contributed by atoms with van der Waals surface area (Å²) in [5.41, 5.74) is 18.4. The van der Waals surface area contributed by atoms with E-state index >= 15 is 0 Å². The maximum atomic E-state index is 2.46. The van der Waals surface area contributed by atoms with Crippen molar-refractivity contribution in [1.29, 1.82) is 0 Å². The lowest BCUT2D eigenvalue weighted by Crippen LogP contribution is -2.15. The Kier molecular flexibility index (Phi) is 5.82. The van der Waals surface area contributed by atoms with Crippen molar-refractivity contribution in [1.82, 2.24) is 0 Å². The van der Waals surface area contributed by atoms with Crippen LogP contribution in [0.1, 0.15) is 25.0 Å². The zero-order chi connectivity index (χ0) is 33.8. The van der Waals surface area contributed by atoms with E-state index in [1.807, 2.05) is 0 Å². The summed E-state index contributed by atoms with van der Waals surface area (Å²) in [5, 5.41) is 7.84. The van der Waals surface area contributed by atoms with E-state index in [1.54, 1.807) is 0 Å². The standard InChI is InChI=1S/C51H34/c1-51(2)48-29-32(35-18-9-12-31-11-3-4-13-34(31)35)21-23-43(48)44-24-22-33(30-49(44)51)36-25-26-41(38-15-6-5-14-37(36)38)42-27-28-47-40-17-8-7-16-39(40)45-19-10-20-46(42)50(45)47/h3-30H,1-2H3. The van der Waals surface area contributed by atoms with E-state index < -0.39 is 0 Å². The normalized spacial score (nSPS) is 13.5. The Bertz CT molecular complexity index is 2900. The fraction of sp³-hybridized carbons (Fsp3) is 0.0588. The SMILES string of the molecule is CC1(C)c2cc(-c3cccc4ccccc34)ccc2-c2ccc(-c3ccc(-c4ccc5c6c(cccc46)-c4ccccc4-5)c4ccccc34)cc21. The molecule has 0 spiro atoms. The van der Waals surface area contributed by atoms with Crippen LogP contribution < -0.4 is 0 Å². The van der Waals surface area contributed by atoms with E-state index in [-0.39, 0.29) is 5.41 Å². The average Bonchev–Trinajstić information content (AvgIpc) is 3.63. The number of rotatable bonds is 3. The molecule has 0 unspecified atom stereocenters. The monoisotopic (exact) mass is 646 g/mol. The summed E-state index contributed by atoms with van der Waals surface area (Å²) in [7, 11) is 0. The molecule has 9 aromatic rings. The Labute approximate surface area is 298 Å². The van der Waals surface area contributed by atoms with Crippen molar-refractivity contribution in [3.05, 3.63) is 181 Å². The predicted molar refractivity (Wildman–Crippen MR) is 217 cm³/mol. The van der Waals surface area contributed by atoms with Crippen molar-refractivity contribution in [2.45, 2.75) is 19.3 Å². The minimum atomic E-state index is -0.126. The summed E-state index contributed by atoms with van der Waals surface area (Å²) >= 11 is 0. The molecule has 0 bridgehead atoms. The molecule has 0 fully saturated rings. The van der Waals surface area contributed by atoms with Crippen LogP contribution in [-0.4, -0.2) is 0 Å². The highest BCUT2D eigenvalue weighted by molar-refractivity contribution is 6.20. The Morgan fingerprint density at radius 2 is 0.706 bits per heavy atom. The smallest absolute Gasteiger partial charge is 0.0159 e. The molecule has 0 atom stereocenters. The lowest BCUT2D eigenvalue weighted by Gasteiger charge is -2.23. The molecule has 0 aliphatic heterocycles. The number of hydrogen-bond acceptors (Lipinski definition) is 0. The summed E-state index contributed by atoms with van der Waals surface area (Å²) in [6, 6.07) is 63.6. The highest BCUT2D eigenvalue weighted by Gasteiger charge is 2.36. The van der Waals surface area contributed by atoms with Gasteiger partial charge < -0.3 is 0 Å². The second kappa shape index (κ2) is 10.4. The van der Waals surface area contributed by atoms with Crippen molar-refractivity contribution >= 4 is 32.3 Å². The van der Waals surface area contributed by atoms with Gasteiger partial charge in [0.05, 0.1) is 0 Å². The molecule has 0 radical (unpaired) electrons. The van der Waals surface area contributed by atoms with Gasteiger partial charge >= 0.3 is 0 Å². The van der Waals surface area contributed by atoms with Crippen LogP contribution in [0.2, 0.25) is 0 Å². The van der Waals surface area contributed by atoms with Crippen LogP contribution >= 0.6 is 0 Å². The molecule has 0 heterocycles. The molecule has 238 valence electrons. The highest BCUT2D eigenvalue weighted by Crippen LogP contribution is 2.53. The first-order valence-corrected chi connectivity index (χ1v) is 18.0. The largest absolute Gasteiger partial charge is 0.0616 e. The van der Waals surface area contributed by atoms with Crippen LogP contribution in [0.25, 0.3) is 99.1 Å². The Balaban J connectivity index is 1.03. The zero-order valence-electron chi connectivity index (χ0n) is 28.7. The fourth-order valence-electron chi connectivity index (χ4n) is 9.38. The molecule has 2 aliphatic rings. The molecule has 51 heavy (non-hydrogen) atoms. The van der Waals surface area contributed by atoms with Crippen molar-refractivity contribution in [2.75, 3.05) is 0 Å². The van der Waals surface area contributed by atoms with Crippen LogP contribution in [0.3, 0.4) is 0 Å². The molecule has 2 aliphatic carbocycles. The number of fused-ring (bicyclic) bond motifs is 8. The van der Waals surface area contributed by atoms with E-state index in [0.29, 0.717) is 0 Å². The maximum Gasteiger partial charge on any atom is 0.0159 e. The molecule has 11 rings (SSSR count). The van der Waals surface area contributed by atoms with Gasteiger partial charge in [-0.15, -0.1) is 0 Å². The van der Waals surface area contributed by atoms with Gasteiger partial charge in [-0.05, 0) is 122 Å². The minimum Gasteiger partial charge on any atom is -0.0616 e. The third-order valence-electron chi connectivity index (χ3n) is 11.8. The lowest BCUT2D eigenvalue weighted by atomic mass is 9.80. The quantitative estimate of drug-likeness (QED) is 0.179. The number of hydrogen-bond donors (Lipinski definition) is 0. The summed E-state index contributed by atoms with van der Waals surface area (Å²) < 4.78 is 0. The van der Waals surface area contributed by atoms with Crippen LogP contribution in [0.4, 0.5) is 0 Å². The van der Waals surface area contributed by atoms with E-state index in [4.69, 9.17) is 0 Å². The summed E-state index contributed by atoms with van der Waals surface area (Å²) in [4.78, 5) is 0. The molecule has 0 heteroatoms. The van der Waals surface area contributed by atoms with Crippen molar-refractivity contribution in [2.24, 2.45) is 0 Å². The second-order valence-corrected chi connectivity index (χ2v) is 14.8. The second-order valence-electron chi connectivity index (χ2n) is 14.8. The van der Waals surface area contributed by atoms with E-state index in [2.05, 4.69) is 184 Å².